The molecule has 4 heterocycles. The molecule has 0 saturated heterocycles. The molecule has 0 amide bonds. The van der Waals surface area contributed by atoms with Crippen LogP contribution in [0.3, 0.4) is 0 Å². The lowest BCUT2D eigenvalue weighted by molar-refractivity contribution is 0.248. The van der Waals surface area contributed by atoms with E-state index in [-0.39, 0.29) is 0 Å². The van der Waals surface area contributed by atoms with E-state index < -0.39 is 0 Å². The van der Waals surface area contributed by atoms with E-state index in [4.69, 9.17) is 4.42 Å². The molecular weight excluding hydrogens is 302 g/mol. The van der Waals surface area contributed by atoms with E-state index in [0.717, 1.165) is 56.5 Å². The number of rotatable bonds is 5. The quantitative estimate of drug-likeness (QED) is 0.782. The molecule has 1 aliphatic heterocycles. The molecule has 0 atom stereocenters. The first-order chi connectivity index (χ1) is 11.9. The Bertz CT molecular complexity index is 766. The number of hydrogen-bond acceptors (Lipinski definition) is 5. The second kappa shape index (κ2) is 6.88. The molecule has 1 aliphatic rings. The number of fused-ring (bicyclic) bond motifs is 1. The lowest BCUT2D eigenvalue weighted by Crippen LogP contribution is -2.26. The summed E-state index contributed by atoms with van der Waals surface area (Å²) in [6, 6.07) is 9.86. The molecule has 3 aromatic rings. The summed E-state index contributed by atoms with van der Waals surface area (Å²) in [5.74, 6) is 3.07. The standard InChI is InChI=1S/C18H21N5O/c1-2-7-19-17(5-1)20-12-15-13-21-18-6-8-22(9-10-23(15)18)14-16-4-3-11-24-16/h1-5,7,11,13H,6,8-10,12,14H2,(H,19,20). The average Bonchev–Trinajstić information content (AvgIpc) is 3.21. The van der Waals surface area contributed by atoms with Gasteiger partial charge in [0.2, 0.25) is 0 Å². The van der Waals surface area contributed by atoms with Gasteiger partial charge in [-0.1, -0.05) is 6.07 Å². The minimum Gasteiger partial charge on any atom is -0.468 e. The summed E-state index contributed by atoms with van der Waals surface area (Å²) in [6.45, 7) is 4.56. The Morgan fingerprint density at radius 1 is 1.08 bits per heavy atom. The van der Waals surface area contributed by atoms with Crippen molar-refractivity contribution in [2.75, 3.05) is 18.4 Å². The van der Waals surface area contributed by atoms with E-state index in [9.17, 15) is 0 Å². The zero-order valence-corrected chi connectivity index (χ0v) is 13.6. The van der Waals surface area contributed by atoms with Crippen molar-refractivity contribution < 1.29 is 4.42 Å². The fourth-order valence-corrected chi connectivity index (χ4v) is 3.11. The number of imidazole rings is 1. The molecule has 3 aromatic heterocycles. The van der Waals surface area contributed by atoms with Crippen LogP contribution in [0.5, 0.6) is 0 Å². The van der Waals surface area contributed by atoms with E-state index in [0.29, 0.717) is 0 Å². The maximum atomic E-state index is 5.47. The predicted molar refractivity (Wildman–Crippen MR) is 91.5 cm³/mol. The molecule has 0 aromatic carbocycles. The molecule has 6 heteroatoms. The first-order valence-electron chi connectivity index (χ1n) is 8.31. The minimum absolute atomic E-state index is 0.738. The van der Waals surface area contributed by atoms with Gasteiger partial charge >= 0.3 is 0 Å². The topological polar surface area (TPSA) is 59.1 Å². The van der Waals surface area contributed by atoms with E-state index >= 15 is 0 Å². The third-order valence-corrected chi connectivity index (χ3v) is 4.39. The van der Waals surface area contributed by atoms with Gasteiger partial charge in [-0.05, 0) is 24.3 Å². The zero-order valence-electron chi connectivity index (χ0n) is 13.6. The SMILES string of the molecule is c1ccc(NCc2cnc3n2CCN(Cc2ccco2)CC3)nc1. The highest BCUT2D eigenvalue weighted by atomic mass is 16.3. The Labute approximate surface area is 141 Å². The second-order valence-electron chi connectivity index (χ2n) is 5.99. The van der Waals surface area contributed by atoms with Crippen LogP contribution in [0.1, 0.15) is 17.3 Å². The molecule has 0 aliphatic carbocycles. The van der Waals surface area contributed by atoms with Crippen molar-refractivity contribution in [3.05, 3.63) is 66.3 Å². The number of aromatic nitrogens is 3. The van der Waals surface area contributed by atoms with Crippen molar-refractivity contribution in [2.24, 2.45) is 0 Å². The van der Waals surface area contributed by atoms with Gasteiger partial charge in [0.05, 0.1) is 31.2 Å². The highest BCUT2D eigenvalue weighted by Gasteiger charge is 2.18. The van der Waals surface area contributed by atoms with Gasteiger partial charge in [0.15, 0.2) is 0 Å². The number of pyridine rings is 1. The molecule has 6 nitrogen and oxygen atoms in total. The molecule has 0 fully saturated rings. The molecule has 0 saturated carbocycles. The number of nitrogens with zero attached hydrogens (tertiary/aromatic N) is 4. The summed E-state index contributed by atoms with van der Waals surface area (Å²) in [7, 11) is 0. The Kier molecular flexibility index (Phi) is 4.29. The Balaban J connectivity index is 1.40. The first kappa shape index (κ1) is 15.0. The van der Waals surface area contributed by atoms with Crippen LogP contribution in [-0.4, -0.2) is 32.5 Å². The van der Waals surface area contributed by atoms with Crippen molar-refractivity contribution in [1.29, 1.82) is 0 Å². The van der Waals surface area contributed by atoms with Gasteiger partial charge in [0.1, 0.15) is 17.4 Å². The predicted octanol–water partition coefficient (Wildman–Crippen LogP) is 2.54. The van der Waals surface area contributed by atoms with Gasteiger partial charge in [0, 0.05) is 32.3 Å². The van der Waals surface area contributed by atoms with Crippen molar-refractivity contribution in [3.63, 3.8) is 0 Å². The van der Waals surface area contributed by atoms with E-state index in [1.54, 1.807) is 12.5 Å². The zero-order chi connectivity index (χ0) is 16.2. The second-order valence-corrected chi connectivity index (χ2v) is 5.99. The Hall–Kier alpha value is -2.60. The third-order valence-electron chi connectivity index (χ3n) is 4.39. The minimum atomic E-state index is 0.738. The van der Waals surface area contributed by atoms with Gasteiger partial charge in [-0.3, -0.25) is 4.90 Å². The summed E-state index contributed by atoms with van der Waals surface area (Å²) in [6.07, 6.45) is 6.48. The number of hydrogen-bond donors (Lipinski definition) is 1. The highest BCUT2D eigenvalue weighted by Crippen LogP contribution is 2.15. The number of anilines is 1. The van der Waals surface area contributed by atoms with Gasteiger partial charge in [0.25, 0.3) is 0 Å². The molecule has 4 rings (SSSR count). The lowest BCUT2D eigenvalue weighted by atomic mass is 10.3. The average molecular weight is 323 g/mol. The molecule has 124 valence electrons. The van der Waals surface area contributed by atoms with Crippen LogP contribution < -0.4 is 5.32 Å². The van der Waals surface area contributed by atoms with Crippen molar-refractivity contribution >= 4 is 5.82 Å². The van der Waals surface area contributed by atoms with Crippen LogP contribution in [0.25, 0.3) is 0 Å². The van der Waals surface area contributed by atoms with E-state index in [1.807, 2.05) is 36.5 Å². The Morgan fingerprint density at radius 2 is 2.08 bits per heavy atom. The van der Waals surface area contributed by atoms with Crippen LogP contribution in [-0.2, 0) is 26.1 Å². The van der Waals surface area contributed by atoms with Crippen molar-refractivity contribution in [3.8, 4) is 0 Å². The van der Waals surface area contributed by atoms with Crippen LogP contribution in [0.4, 0.5) is 5.82 Å². The molecule has 0 bridgehead atoms. The first-order valence-corrected chi connectivity index (χ1v) is 8.31. The molecule has 0 radical (unpaired) electrons. The van der Waals surface area contributed by atoms with Crippen molar-refractivity contribution in [2.45, 2.75) is 26.1 Å². The van der Waals surface area contributed by atoms with Crippen LogP contribution in [0.15, 0.2) is 53.4 Å². The van der Waals surface area contributed by atoms with Gasteiger partial charge in [-0.2, -0.15) is 0 Å². The maximum Gasteiger partial charge on any atom is 0.126 e. The summed E-state index contributed by atoms with van der Waals surface area (Å²) in [4.78, 5) is 11.3. The van der Waals surface area contributed by atoms with Gasteiger partial charge < -0.3 is 14.3 Å². The van der Waals surface area contributed by atoms with E-state index in [1.165, 1.54) is 5.69 Å². The molecule has 1 N–H and O–H groups in total. The summed E-state index contributed by atoms with van der Waals surface area (Å²) in [5.41, 5.74) is 1.20. The van der Waals surface area contributed by atoms with Crippen molar-refractivity contribution in [1.82, 2.24) is 19.4 Å². The molecule has 0 spiro atoms. The smallest absolute Gasteiger partial charge is 0.126 e. The van der Waals surface area contributed by atoms with Crippen LogP contribution in [0.2, 0.25) is 0 Å². The van der Waals surface area contributed by atoms with Crippen LogP contribution in [0, 0.1) is 0 Å². The van der Waals surface area contributed by atoms with Crippen LogP contribution >= 0.6 is 0 Å². The maximum absolute atomic E-state index is 5.47. The summed E-state index contributed by atoms with van der Waals surface area (Å²) in [5, 5.41) is 3.36. The molecular formula is C18H21N5O. The summed E-state index contributed by atoms with van der Waals surface area (Å²) < 4.78 is 7.80. The largest absolute Gasteiger partial charge is 0.468 e. The fraction of sp³-hybridized carbons (Fsp3) is 0.333. The molecule has 24 heavy (non-hydrogen) atoms. The number of nitrogens with one attached hydrogen (secondary N) is 1. The lowest BCUT2D eigenvalue weighted by Gasteiger charge is -2.18. The highest BCUT2D eigenvalue weighted by molar-refractivity contribution is 5.33. The van der Waals surface area contributed by atoms with Gasteiger partial charge in [-0.25, -0.2) is 9.97 Å². The summed E-state index contributed by atoms with van der Waals surface area (Å²) >= 11 is 0. The normalized spacial score (nSPS) is 15.0. The van der Waals surface area contributed by atoms with Gasteiger partial charge in [-0.15, -0.1) is 0 Å². The molecule has 0 unspecified atom stereocenters. The third kappa shape index (κ3) is 3.33. The monoisotopic (exact) mass is 323 g/mol. The Morgan fingerprint density at radius 3 is 2.92 bits per heavy atom. The van der Waals surface area contributed by atoms with E-state index in [2.05, 4.69) is 24.8 Å². The fourth-order valence-electron chi connectivity index (χ4n) is 3.11. The number of furan rings is 1.